The van der Waals surface area contributed by atoms with E-state index in [1.165, 1.54) is 14.9 Å². The Hall–Kier alpha value is -3.48. The first-order valence-electron chi connectivity index (χ1n) is 13.6. The summed E-state index contributed by atoms with van der Waals surface area (Å²) in [5.41, 5.74) is 0.953. The molecule has 4 bridgehead atoms. The normalized spacial score (nSPS) is 24.9. The third kappa shape index (κ3) is 8.12. The van der Waals surface area contributed by atoms with Crippen LogP contribution in [0.1, 0.15) is 31.2 Å². The van der Waals surface area contributed by atoms with Crippen LogP contribution in [0.5, 0.6) is 0 Å². The Morgan fingerprint density at radius 1 is 0.814 bits per heavy atom. The first kappa shape index (κ1) is 32.4. The molecule has 0 aliphatic carbocycles. The van der Waals surface area contributed by atoms with E-state index < -0.39 is 61.4 Å². The van der Waals surface area contributed by atoms with Crippen LogP contribution in [0.4, 0.5) is 9.59 Å². The average molecular weight is 645 g/mol. The zero-order valence-corrected chi connectivity index (χ0v) is 25.4. The summed E-state index contributed by atoms with van der Waals surface area (Å²) in [6.07, 6.45) is 4.12. The number of amides is 6. The van der Waals surface area contributed by atoms with E-state index in [9.17, 15) is 41.2 Å². The highest BCUT2D eigenvalue weighted by Crippen LogP contribution is 2.31. The van der Waals surface area contributed by atoms with Gasteiger partial charge in [-0.2, -0.15) is 5.06 Å². The second-order valence-corrected chi connectivity index (χ2v) is 15.3. The van der Waals surface area contributed by atoms with Crippen LogP contribution in [0.2, 0.25) is 0 Å². The molecule has 0 unspecified atom stereocenters. The lowest BCUT2D eigenvalue weighted by Crippen LogP contribution is -2.50. The number of urea groups is 2. The minimum Gasteiger partial charge on any atom is -0.340 e. The Kier molecular flexibility index (Phi) is 9.83. The smallest absolute Gasteiger partial charge is 0.340 e. The van der Waals surface area contributed by atoms with Gasteiger partial charge >= 0.3 is 12.1 Å². The highest BCUT2D eigenvalue weighted by molar-refractivity contribution is 7.90. The van der Waals surface area contributed by atoms with Crippen LogP contribution in [0.15, 0.2) is 30.3 Å². The van der Waals surface area contributed by atoms with Crippen molar-refractivity contribution in [3.05, 3.63) is 35.9 Å². The van der Waals surface area contributed by atoms with Gasteiger partial charge in [0.05, 0.1) is 12.1 Å². The summed E-state index contributed by atoms with van der Waals surface area (Å²) in [7, 11) is -6.60. The number of hydrogen-bond acceptors (Lipinski definition) is 10. The van der Waals surface area contributed by atoms with E-state index in [1.807, 2.05) is 30.3 Å². The summed E-state index contributed by atoms with van der Waals surface area (Å²) in [6.45, 7) is 0.985. The number of carbonyl (C=O) groups excluding carboxylic acids is 4. The van der Waals surface area contributed by atoms with Crippen molar-refractivity contribution in [2.24, 2.45) is 0 Å². The predicted octanol–water partition coefficient (Wildman–Crippen LogP) is -0.732. The van der Waals surface area contributed by atoms with Crippen molar-refractivity contribution in [2.75, 3.05) is 37.4 Å². The molecule has 4 aliphatic rings. The maximum atomic E-state index is 12.6. The molecule has 0 saturated carbocycles. The Morgan fingerprint density at radius 2 is 1.30 bits per heavy atom. The summed E-state index contributed by atoms with van der Waals surface area (Å²) in [5, 5.41) is 16.1. The number of carbonyl (C=O) groups is 4. The lowest BCUT2D eigenvalue weighted by Gasteiger charge is -2.29. The van der Waals surface area contributed by atoms with Gasteiger partial charge in [0, 0.05) is 25.6 Å². The van der Waals surface area contributed by atoms with E-state index in [1.54, 1.807) is 0 Å². The van der Waals surface area contributed by atoms with Gasteiger partial charge in [-0.15, -0.1) is 0 Å². The van der Waals surface area contributed by atoms with Crippen LogP contribution in [0, 0.1) is 0 Å². The lowest BCUT2D eigenvalue weighted by molar-refractivity contribution is -0.140. The standard InChI is InChI=1S/C16H21N3O5S.C9H15N3O5S/c1-25(22,23)11-17-15(20)14-8-7-13-9-18(14)16(21)19(13)24-10-12-5-3-2-4-6-12;1-18(16,17)5-10-8(13)7-3-2-6-4-11(7)9(14)12(6)15/h2-6,13-14H,7-11H2,1H3,(H,17,20);6-7,15H,2-5H2,1H3,(H,10,13)/t13-,14+;6-,7+/m11/s1. The number of fused-ring (bicyclic) bond motifs is 4. The molecule has 1 aromatic carbocycles. The van der Waals surface area contributed by atoms with Gasteiger partial charge in [-0.25, -0.2) is 31.5 Å². The first-order valence-corrected chi connectivity index (χ1v) is 17.7. The quantitative estimate of drug-likeness (QED) is 0.288. The van der Waals surface area contributed by atoms with Crippen LogP contribution in [-0.4, -0.2) is 127 Å². The Bertz CT molecular complexity index is 1440. The number of nitrogens with one attached hydrogen (secondary N) is 2. The number of piperidine rings is 2. The molecule has 0 radical (unpaired) electrons. The molecular weight excluding hydrogens is 608 g/mol. The van der Waals surface area contributed by atoms with Crippen LogP contribution in [-0.2, 0) is 40.7 Å². The molecule has 0 spiro atoms. The molecule has 43 heavy (non-hydrogen) atoms. The predicted molar refractivity (Wildman–Crippen MR) is 150 cm³/mol. The van der Waals surface area contributed by atoms with E-state index in [2.05, 4.69) is 10.6 Å². The molecule has 4 heterocycles. The molecule has 4 aliphatic heterocycles. The van der Waals surface area contributed by atoms with Crippen LogP contribution < -0.4 is 10.6 Å². The van der Waals surface area contributed by atoms with Crippen molar-refractivity contribution in [3.8, 4) is 0 Å². The van der Waals surface area contributed by atoms with Crippen molar-refractivity contribution < 1.29 is 46.1 Å². The van der Waals surface area contributed by atoms with Crippen LogP contribution in [0.3, 0.4) is 0 Å². The number of hydroxylamine groups is 4. The zero-order valence-electron chi connectivity index (χ0n) is 23.8. The fourth-order valence-corrected chi connectivity index (χ4v) is 6.16. The molecule has 1 aromatic rings. The molecule has 3 N–H and O–H groups in total. The Labute approximate surface area is 249 Å². The summed E-state index contributed by atoms with van der Waals surface area (Å²) in [4.78, 5) is 56.6. The van der Waals surface area contributed by atoms with E-state index in [0.717, 1.165) is 18.1 Å². The largest absolute Gasteiger partial charge is 0.345 e. The van der Waals surface area contributed by atoms with Gasteiger partial charge in [0.15, 0.2) is 19.7 Å². The second-order valence-electron chi connectivity index (χ2n) is 11.0. The van der Waals surface area contributed by atoms with Gasteiger partial charge in [-0.1, -0.05) is 30.3 Å². The monoisotopic (exact) mass is 644 g/mol. The number of sulfone groups is 2. The summed E-state index contributed by atoms with van der Waals surface area (Å²) >= 11 is 0. The van der Waals surface area contributed by atoms with Gasteiger partial charge < -0.3 is 20.4 Å². The molecule has 4 atom stereocenters. The third-order valence-electron chi connectivity index (χ3n) is 7.50. The fourth-order valence-electron chi connectivity index (χ4n) is 5.35. The topological polar surface area (TPSA) is 203 Å². The number of nitrogens with zero attached hydrogens (tertiary/aromatic N) is 4. The van der Waals surface area contributed by atoms with Crippen molar-refractivity contribution in [3.63, 3.8) is 0 Å². The van der Waals surface area contributed by atoms with Crippen LogP contribution in [0.25, 0.3) is 0 Å². The molecule has 16 nitrogen and oxygen atoms in total. The van der Waals surface area contributed by atoms with Gasteiger partial charge in [-0.3, -0.25) is 19.6 Å². The molecule has 6 amide bonds. The van der Waals surface area contributed by atoms with Gasteiger partial charge in [0.25, 0.3) is 0 Å². The molecule has 18 heteroatoms. The van der Waals surface area contributed by atoms with Crippen molar-refractivity contribution in [2.45, 2.75) is 56.5 Å². The minimum atomic E-state index is -3.31. The number of benzene rings is 1. The van der Waals surface area contributed by atoms with Gasteiger partial charge in [-0.05, 0) is 31.2 Å². The second kappa shape index (κ2) is 13.0. The summed E-state index contributed by atoms with van der Waals surface area (Å²) < 4.78 is 44.3. The molecule has 4 saturated heterocycles. The van der Waals surface area contributed by atoms with Crippen molar-refractivity contribution in [1.29, 1.82) is 0 Å². The zero-order chi connectivity index (χ0) is 31.5. The SMILES string of the molecule is CS(=O)(=O)CNC(=O)[C@@H]1CC[C@@H]2CN1C(=O)N2O.CS(=O)(=O)CNC(=O)[C@@H]1CC[C@@H]2CN1C(=O)N2OCc1ccccc1. The molecule has 5 rings (SSSR count). The van der Waals surface area contributed by atoms with E-state index in [0.29, 0.717) is 43.8 Å². The third-order valence-corrected chi connectivity index (χ3v) is 8.84. The first-order chi connectivity index (χ1) is 20.1. The fraction of sp³-hybridized carbons (Fsp3) is 0.600. The average Bonchev–Trinajstić information content (AvgIpc) is 3.33. The maximum Gasteiger partial charge on any atom is 0.345 e. The van der Waals surface area contributed by atoms with Crippen LogP contribution >= 0.6 is 0 Å². The van der Waals surface area contributed by atoms with E-state index in [4.69, 9.17) is 4.84 Å². The Balaban J connectivity index is 0.000000208. The lowest BCUT2D eigenvalue weighted by atomic mass is 10.0. The molecule has 238 valence electrons. The van der Waals surface area contributed by atoms with E-state index >= 15 is 0 Å². The number of rotatable bonds is 9. The molecular formula is C25H36N6O10S2. The molecule has 4 fully saturated rings. The van der Waals surface area contributed by atoms with E-state index in [-0.39, 0.29) is 24.7 Å². The maximum absolute atomic E-state index is 12.6. The van der Waals surface area contributed by atoms with Gasteiger partial charge in [0.1, 0.15) is 30.4 Å². The number of hydrogen-bond donors (Lipinski definition) is 3. The highest BCUT2D eigenvalue weighted by atomic mass is 32.2. The van der Waals surface area contributed by atoms with Crippen molar-refractivity contribution in [1.82, 2.24) is 30.6 Å². The highest BCUT2D eigenvalue weighted by Gasteiger charge is 2.48. The minimum absolute atomic E-state index is 0.0878. The summed E-state index contributed by atoms with van der Waals surface area (Å²) in [6, 6.07) is 6.86. The van der Waals surface area contributed by atoms with Gasteiger partial charge in [0.2, 0.25) is 11.8 Å². The molecule has 0 aromatic heterocycles. The Morgan fingerprint density at radius 3 is 1.84 bits per heavy atom. The van der Waals surface area contributed by atoms with Crippen molar-refractivity contribution >= 4 is 43.6 Å². The summed E-state index contributed by atoms with van der Waals surface area (Å²) in [5.74, 6) is -1.82.